The molecule has 0 amide bonds. The number of nitrogens with one attached hydrogen (secondary N) is 1. The summed E-state index contributed by atoms with van der Waals surface area (Å²) in [4.78, 5) is 0. The first-order chi connectivity index (χ1) is 10.7. The van der Waals surface area contributed by atoms with E-state index in [0.717, 1.165) is 23.7 Å². The lowest BCUT2D eigenvalue weighted by Gasteiger charge is -2.29. The van der Waals surface area contributed by atoms with Gasteiger partial charge < -0.3 is 15.0 Å². The van der Waals surface area contributed by atoms with E-state index in [4.69, 9.17) is 0 Å². The number of likely N-dealkylation sites (N-methyl/N-ethyl adjacent to an activating group) is 1. The zero-order chi connectivity index (χ0) is 15.5. The summed E-state index contributed by atoms with van der Waals surface area (Å²) in [6, 6.07) is 6.56. The van der Waals surface area contributed by atoms with Gasteiger partial charge in [-0.1, -0.05) is 18.2 Å². The van der Waals surface area contributed by atoms with E-state index in [2.05, 4.69) is 17.5 Å². The average molecular weight is 300 g/mol. The van der Waals surface area contributed by atoms with Crippen LogP contribution in [0.5, 0.6) is 0 Å². The van der Waals surface area contributed by atoms with Crippen LogP contribution in [0.15, 0.2) is 54.3 Å². The van der Waals surface area contributed by atoms with E-state index in [1.54, 1.807) is 6.07 Å². The number of halogens is 1. The molecule has 1 heterocycles. The molecule has 2 atom stereocenters. The summed E-state index contributed by atoms with van der Waals surface area (Å²) in [6.45, 7) is 0.487. The van der Waals surface area contributed by atoms with Gasteiger partial charge in [0.25, 0.3) is 0 Å². The molecule has 1 aliphatic rings. The fourth-order valence-electron chi connectivity index (χ4n) is 3.16. The highest BCUT2D eigenvalue weighted by Gasteiger charge is 2.25. The van der Waals surface area contributed by atoms with E-state index < -0.39 is 6.10 Å². The summed E-state index contributed by atoms with van der Waals surface area (Å²) < 4.78 is 15.6. The van der Waals surface area contributed by atoms with Gasteiger partial charge in [-0.2, -0.15) is 0 Å². The Morgan fingerprint density at radius 3 is 2.95 bits per heavy atom. The van der Waals surface area contributed by atoms with Crippen LogP contribution in [0, 0.1) is 5.82 Å². The van der Waals surface area contributed by atoms with Gasteiger partial charge in [0.2, 0.25) is 0 Å². The quantitative estimate of drug-likeness (QED) is 0.890. The molecule has 0 fully saturated rings. The highest BCUT2D eigenvalue weighted by atomic mass is 19.1. The van der Waals surface area contributed by atoms with Gasteiger partial charge >= 0.3 is 0 Å². The highest BCUT2D eigenvalue weighted by Crippen LogP contribution is 2.32. The number of aromatic nitrogens is 1. The van der Waals surface area contributed by atoms with Gasteiger partial charge in [0.05, 0.1) is 17.7 Å². The zero-order valence-electron chi connectivity index (χ0n) is 12.7. The second-order valence-electron chi connectivity index (χ2n) is 5.70. The molecule has 1 aromatic carbocycles. The third-order valence-corrected chi connectivity index (χ3v) is 4.19. The molecule has 116 valence electrons. The lowest BCUT2D eigenvalue weighted by atomic mass is 9.93. The first-order valence-corrected chi connectivity index (χ1v) is 7.65. The molecular weight excluding hydrogens is 279 g/mol. The summed E-state index contributed by atoms with van der Waals surface area (Å²) in [6.07, 6.45) is 9.48. The maximum absolute atomic E-state index is 13.6. The standard InChI is InChI=1S/C18H21FN2O/c1-20-12-17(22)18(14-5-3-2-4-6-14)21-10-9-13-7-8-15(19)11-16(13)21/h2-3,5,7-11,17-18,20,22H,4,6,12H2,1H3/t17?,18-/m0/s1. The first-order valence-electron chi connectivity index (χ1n) is 7.65. The van der Waals surface area contributed by atoms with Crippen molar-refractivity contribution < 1.29 is 9.50 Å². The van der Waals surface area contributed by atoms with Gasteiger partial charge in [-0.3, -0.25) is 0 Å². The zero-order valence-corrected chi connectivity index (χ0v) is 12.7. The summed E-state index contributed by atoms with van der Waals surface area (Å²) in [5.74, 6) is -0.258. The molecule has 0 spiro atoms. The van der Waals surface area contributed by atoms with Crippen LogP contribution in [0.1, 0.15) is 18.9 Å². The van der Waals surface area contributed by atoms with Crippen molar-refractivity contribution >= 4 is 10.9 Å². The Bertz CT molecular complexity index is 717. The van der Waals surface area contributed by atoms with Crippen LogP contribution < -0.4 is 5.32 Å². The summed E-state index contributed by atoms with van der Waals surface area (Å²) in [5.41, 5.74) is 1.99. The molecule has 0 bridgehead atoms. The molecule has 0 radical (unpaired) electrons. The van der Waals surface area contributed by atoms with Crippen molar-refractivity contribution in [3.05, 3.63) is 60.1 Å². The minimum Gasteiger partial charge on any atom is -0.389 e. The van der Waals surface area contributed by atoms with Crippen LogP contribution in [-0.4, -0.2) is 29.4 Å². The number of aliphatic hydroxyl groups is 1. The molecule has 2 N–H and O–H groups in total. The molecule has 22 heavy (non-hydrogen) atoms. The van der Waals surface area contributed by atoms with Gasteiger partial charge in [0, 0.05) is 12.7 Å². The van der Waals surface area contributed by atoms with Gasteiger partial charge in [-0.25, -0.2) is 4.39 Å². The number of allylic oxidation sites excluding steroid dienone is 3. The SMILES string of the molecule is CNCC(O)[C@H](C1=CC=CCC1)n1ccc2ccc(F)cc21. The molecule has 0 saturated heterocycles. The summed E-state index contributed by atoms with van der Waals surface area (Å²) in [5, 5.41) is 14.6. The Kier molecular flexibility index (Phi) is 4.41. The molecule has 1 unspecified atom stereocenters. The fraction of sp³-hybridized carbons (Fsp3) is 0.333. The van der Waals surface area contributed by atoms with Crippen molar-refractivity contribution in [1.82, 2.24) is 9.88 Å². The minimum absolute atomic E-state index is 0.184. The predicted molar refractivity (Wildman–Crippen MR) is 87.3 cm³/mol. The third kappa shape index (κ3) is 2.85. The smallest absolute Gasteiger partial charge is 0.125 e. The van der Waals surface area contributed by atoms with Gasteiger partial charge in [0.15, 0.2) is 0 Å². The van der Waals surface area contributed by atoms with E-state index in [1.807, 2.05) is 30.0 Å². The van der Waals surface area contributed by atoms with Crippen molar-refractivity contribution in [3.63, 3.8) is 0 Å². The van der Waals surface area contributed by atoms with Crippen molar-refractivity contribution in [3.8, 4) is 0 Å². The monoisotopic (exact) mass is 300 g/mol. The summed E-state index contributed by atoms with van der Waals surface area (Å²) >= 11 is 0. The van der Waals surface area contributed by atoms with E-state index in [-0.39, 0.29) is 11.9 Å². The van der Waals surface area contributed by atoms with Gasteiger partial charge in [0.1, 0.15) is 5.82 Å². The van der Waals surface area contributed by atoms with Crippen molar-refractivity contribution in [2.45, 2.75) is 25.0 Å². The van der Waals surface area contributed by atoms with Gasteiger partial charge in [-0.05, 0) is 55.1 Å². The number of rotatable bonds is 5. The Morgan fingerprint density at radius 2 is 2.23 bits per heavy atom. The number of fused-ring (bicyclic) bond motifs is 1. The molecule has 1 aromatic heterocycles. The van der Waals surface area contributed by atoms with Crippen molar-refractivity contribution in [2.24, 2.45) is 0 Å². The lowest BCUT2D eigenvalue weighted by Crippen LogP contribution is -2.34. The molecular formula is C18H21FN2O. The molecule has 3 nitrogen and oxygen atoms in total. The lowest BCUT2D eigenvalue weighted by molar-refractivity contribution is 0.129. The van der Waals surface area contributed by atoms with E-state index in [9.17, 15) is 9.50 Å². The van der Waals surface area contributed by atoms with E-state index in [0.29, 0.717) is 6.54 Å². The van der Waals surface area contributed by atoms with Crippen LogP contribution in [0.4, 0.5) is 4.39 Å². The van der Waals surface area contributed by atoms with Crippen LogP contribution in [-0.2, 0) is 0 Å². The van der Waals surface area contributed by atoms with Crippen LogP contribution in [0.3, 0.4) is 0 Å². The fourth-order valence-corrected chi connectivity index (χ4v) is 3.16. The largest absolute Gasteiger partial charge is 0.389 e. The number of benzene rings is 1. The van der Waals surface area contributed by atoms with Crippen molar-refractivity contribution in [2.75, 3.05) is 13.6 Å². The van der Waals surface area contributed by atoms with E-state index in [1.165, 1.54) is 17.7 Å². The maximum atomic E-state index is 13.6. The molecule has 0 saturated carbocycles. The highest BCUT2D eigenvalue weighted by molar-refractivity contribution is 5.80. The number of hydrogen-bond acceptors (Lipinski definition) is 2. The Balaban J connectivity index is 2.08. The first kappa shape index (κ1) is 15.0. The number of aliphatic hydroxyl groups excluding tert-OH is 1. The number of hydrogen-bond donors (Lipinski definition) is 2. The molecule has 2 aromatic rings. The Labute approximate surface area is 129 Å². The normalized spacial score (nSPS) is 17.5. The predicted octanol–water partition coefficient (Wildman–Crippen LogP) is 3.18. The van der Waals surface area contributed by atoms with E-state index >= 15 is 0 Å². The molecule has 4 heteroatoms. The molecule has 3 rings (SSSR count). The topological polar surface area (TPSA) is 37.2 Å². The number of nitrogens with zero attached hydrogens (tertiary/aromatic N) is 1. The van der Waals surface area contributed by atoms with Crippen LogP contribution >= 0.6 is 0 Å². The molecule has 0 aliphatic heterocycles. The third-order valence-electron chi connectivity index (χ3n) is 4.19. The van der Waals surface area contributed by atoms with Crippen molar-refractivity contribution in [1.29, 1.82) is 0 Å². The minimum atomic E-state index is -0.568. The van der Waals surface area contributed by atoms with Crippen LogP contribution in [0.25, 0.3) is 10.9 Å². The second-order valence-corrected chi connectivity index (χ2v) is 5.70. The molecule has 1 aliphatic carbocycles. The Morgan fingerprint density at radius 1 is 1.36 bits per heavy atom. The second kappa shape index (κ2) is 6.46. The Hall–Kier alpha value is -1.91. The average Bonchev–Trinajstić information content (AvgIpc) is 2.92. The van der Waals surface area contributed by atoms with Gasteiger partial charge in [-0.15, -0.1) is 0 Å². The summed E-state index contributed by atoms with van der Waals surface area (Å²) in [7, 11) is 1.82. The van der Waals surface area contributed by atoms with Crippen LogP contribution in [0.2, 0.25) is 0 Å². The maximum Gasteiger partial charge on any atom is 0.125 e.